The van der Waals surface area contributed by atoms with E-state index in [0.29, 0.717) is 23.5 Å². The highest BCUT2D eigenvalue weighted by Gasteiger charge is 2.26. The van der Waals surface area contributed by atoms with Crippen molar-refractivity contribution in [3.63, 3.8) is 0 Å². The van der Waals surface area contributed by atoms with Gasteiger partial charge in [0, 0.05) is 12.1 Å². The van der Waals surface area contributed by atoms with Crippen LogP contribution >= 0.6 is 11.6 Å². The molecule has 0 radical (unpaired) electrons. The summed E-state index contributed by atoms with van der Waals surface area (Å²) in [6.07, 6.45) is 5.66. The highest BCUT2D eigenvalue weighted by atomic mass is 35.5. The molecule has 23 heavy (non-hydrogen) atoms. The molecule has 5 heteroatoms. The molecule has 0 saturated heterocycles. The number of benzene rings is 1. The first-order valence-corrected chi connectivity index (χ1v) is 8.73. The van der Waals surface area contributed by atoms with Gasteiger partial charge in [0.15, 0.2) is 12.4 Å². The number of halogens is 1. The molecule has 0 saturated carbocycles. The molecular formula is C18H24ClNO3. The standard InChI is InChI=1S/C18H24ClNO3/c1-3-4-5-6-7-10-20-15-11-14(18(22)13(2)19)8-9-16(15)23-12-17(20)21/h8-9,11,13H,3-7,10,12H2,1-2H3. The minimum Gasteiger partial charge on any atom is -0.482 e. The zero-order valence-electron chi connectivity index (χ0n) is 13.8. The fourth-order valence-electron chi connectivity index (χ4n) is 2.70. The van der Waals surface area contributed by atoms with Gasteiger partial charge in [0.25, 0.3) is 5.91 Å². The normalized spacial score (nSPS) is 15.1. The largest absolute Gasteiger partial charge is 0.482 e. The van der Waals surface area contributed by atoms with Crippen molar-refractivity contribution in [2.45, 2.75) is 51.3 Å². The van der Waals surface area contributed by atoms with Gasteiger partial charge >= 0.3 is 0 Å². The summed E-state index contributed by atoms with van der Waals surface area (Å²) in [4.78, 5) is 26.0. The van der Waals surface area contributed by atoms with Crippen LogP contribution in [0.3, 0.4) is 0 Å². The topological polar surface area (TPSA) is 46.6 Å². The third kappa shape index (κ3) is 4.47. The number of amides is 1. The van der Waals surface area contributed by atoms with Gasteiger partial charge in [0.1, 0.15) is 5.75 Å². The summed E-state index contributed by atoms with van der Waals surface area (Å²) in [5.74, 6) is 0.448. The number of alkyl halides is 1. The smallest absolute Gasteiger partial charge is 0.265 e. The Bertz CT molecular complexity index is 571. The van der Waals surface area contributed by atoms with Crippen LogP contribution in [-0.2, 0) is 4.79 Å². The lowest BCUT2D eigenvalue weighted by atomic mass is 10.1. The van der Waals surface area contributed by atoms with Crippen molar-refractivity contribution in [1.82, 2.24) is 0 Å². The third-order valence-corrected chi connectivity index (χ3v) is 4.23. The highest BCUT2D eigenvalue weighted by Crippen LogP contribution is 2.33. The van der Waals surface area contributed by atoms with Gasteiger partial charge < -0.3 is 9.64 Å². The Kier molecular flexibility index (Phi) is 6.46. The minimum absolute atomic E-state index is 0.0567. The lowest BCUT2D eigenvalue weighted by molar-refractivity contribution is -0.121. The molecule has 1 amide bonds. The summed E-state index contributed by atoms with van der Waals surface area (Å²) in [7, 11) is 0. The molecule has 0 aliphatic carbocycles. The van der Waals surface area contributed by atoms with E-state index in [2.05, 4.69) is 6.92 Å². The number of Topliss-reactive ketones (excluding diaryl/α,β-unsaturated/α-hetero) is 1. The Labute approximate surface area is 142 Å². The molecule has 1 unspecified atom stereocenters. The number of ketones is 1. The Morgan fingerprint density at radius 2 is 2.04 bits per heavy atom. The van der Waals surface area contributed by atoms with Gasteiger partial charge in [0.05, 0.1) is 11.1 Å². The van der Waals surface area contributed by atoms with Crippen LogP contribution in [-0.4, -0.2) is 30.2 Å². The Balaban J connectivity index is 2.13. The van der Waals surface area contributed by atoms with Gasteiger partial charge in [-0.05, 0) is 31.5 Å². The van der Waals surface area contributed by atoms with E-state index in [0.717, 1.165) is 12.8 Å². The summed E-state index contributed by atoms with van der Waals surface area (Å²) < 4.78 is 5.47. The van der Waals surface area contributed by atoms with Crippen molar-refractivity contribution in [3.8, 4) is 5.75 Å². The number of carbonyl (C=O) groups excluding carboxylic acids is 2. The molecule has 4 nitrogen and oxygen atoms in total. The van der Waals surface area contributed by atoms with E-state index < -0.39 is 5.38 Å². The van der Waals surface area contributed by atoms with E-state index >= 15 is 0 Å². The lowest BCUT2D eigenvalue weighted by Crippen LogP contribution is -2.39. The van der Waals surface area contributed by atoms with Gasteiger partial charge in [-0.25, -0.2) is 0 Å². The van der Waals surface area contributed by atoms with Crippen molar-refractivity contribution in [1.29, 1.82) is 0 Å². The number of rotatable bonds is 8. The number of nitrogens with zero attached hydrogens (tertiary/aromatic N) is 1. The van der Waals surface area contributed by atoms with Gasteiger partial charge in [0.2, 0.25) is 0 Å². The Morgan fingerprint density at radius 3 is 2.74 bits per heavy atom. The minimum atomic E-state index is -0.587. The van der Waals surface area contributed by atoms with Crippen LogP contribution in [0.2, 0.25) is 0 Å². The second-order valence-electron chi connectivity index (χ2n) is 5.91. The van der Waals surface area contributed by atoms with E-state index in [4.69, 9.17) is 16.3 Å². The Hall–Kier alpha value is -1.55. The maximum absolute atomic E-state index is 12.2. The third-order valence-electron chi connectivity index (χ3n) is 4.03. The Morgan fingerprint density at radius 1 is 1.30 bits per heavy atom. The van der Waals surface area contributed by atoms with Crippen molar-refractivity contribution >= 4 is 29.0 Å². The fourth-order valence-corrected chi connectivity index (χ4v) is 2.83. The summed E-state index contributed by atoms with van der Waals surface area (Å²) >= 11 is 5.88. The number of ether oxygens (including phenoxy) is 1. The molecule has 0 fully saturated rings. The molecule has 2 rings (SSSR count). The van der Waals surface area contributed by atoms with E-state index in [-0.39, 0.29) is 18.3 Å². The summed E-state index contributed by atoms with van der Waals surface area (Å²) in [6, 6.07) is 5.17. The van der Waals surface area contributed by atoms with Crippen LogP contribution in [0.25, 0.3) is 0 Å². The first-order chi connectivity index (χ1) is 11.0. The molecule has 1 atom stereocenters. The van der Waals surface area contributed by atoms with Crippen molar-refractivity contribution in [3.05, 3.63) is 23.8 Å². The van der Waals surface area contributed by atoms with Crippen LogP contribution in [0.5, 0.6) is 5.75 Å². The van der Waals surface area contributed by atoms with Gasteiger partial charge in [-0.2, -0.15) is 0 Å². The summed E-state index contributed by atoms with van der Waals surface area (Å²) in [5, 5.41) is -0.587. The monoisotopic (exact) mass is 337 g/mol. The van der Waals surface area contributed by atoms with E-state index in [9.17, 15) is 9.59 Å². The quantitative estimate of drug-likeness (QED) is 0.406. The average molecular weight is 338 g/mol. The van der Waals surface area contributed by atoms with Gasteiger partial charge in [-0.3, -0.25) is 9.59 Å². The van der Waals surface area contributed by atoms with Crippen LogP contribution in [0, 0.1) is 0 Å². The zero-order chi connectivity index (χ0) is 16.8. The first kappa shape index (κ1) is 17.8. The summed E-state index contributed by atoms with van der Waals surface area (Å²) in [5.41, 5.74) is 1.19. The highest BCUT2D eigenvalue weighted by molar-refractivity contribution is 6.33. The molecule has 1 aromatic carbocycles. The van der Waals surface area contributed by atoms with Crippen molar-refractivity contribution in [2.75, 3.05) is 18.1 Å². The number of hydrogen-bond donors (Lipinski definition) is 0. The maximum atomic E-state index is 12.2. The molecule has 0 aromatic heterocycles. The fraction of sp³-hybridized carbons (Fsp3) is 0.556. The predicted molar refractivity (Wildman–Crippen MR) is 92.7 cm³/mol. The van der Waals surface area contributed by atoms with Crippen molar-refractivity contribution in [2.24, 2.45) is 0 Å². The molecule has 126 valence electrons. The number of unbranched alkanes of at least 4 members (excludes halogenated alkanes) is 4. The molecule has 1 heterocycles. The van der Waals surface area contributed by atoms with Gasteiger partial charge in [-0.15, -0.1) is 11.6 Å². The number of anilines is 1. The van der Waals surface area contributed by atoms with Gasteiger partial charge in [-0.1, -0.05) is 32.6 Å². The second-order valence-corrected chi connectivity index (χ2v) is 6.57. The number of hydrogen-bond acceptors (Lipinski definition) is 3. The number of carbonyl (C=O) groups is 2. The van der Waals surface area contributed by atoms with Crippen LogP contribution < -0.4 is 9.64 Å². The van der Waals surface area contributed by atoms with E-state index in [1.807, 2.05) is 0 Å². The average Bonchev–Trinajstić information content (AvgIpc) is 2.55. The first-order valence-electron chi connectivity index (χ1n) is 8.30. The predicted octanol–water partition coefficient (Wildman–Crippen LogP) is 4.19. The SMILES string of the molecule is CCCCCCCN1C(=O)COc2ccc(C(=O)C(C)Cl)cc21. The summed E-state index contributed by atoms with van der Waals surface area (Å²) in [6.45, 7) is 4.54. The molecule has 0 bridgehead atoms. The molecule has 1 aliphatic rings. The zero-order valence-corrected chi connectivity index (χ0v) is 14.6. The van der Waals surface area contributed by atoms with Crippen LogP contribution in [0.15, 0.2) is 18.2 Å². The molecule has 1 aromatic rings. The molecule has 0 spiro atoms. The molecule has 0 N–H and O–H groups in total. The number of fused-ring (bicyclic) bond motifs is 1. The lowest BCUT2D eigenvalue weighted by Gasteiger charge is -2.30. The van der Waals surface area contributed by atoms with Crippen LogP contribution in [0.1, 0.15) is 56.3 Å². The van der Waals surface area contributed by atoms with Crippen LogP contribution in [0.4, 0.5) is 5.69 Å². The van der Waals surface area contributed by atoms with E-state index in [1.165, 1.54) is 19.3 Å². The van der Waals surface area contributed by atoms with E-state index in [1.54, 1.807) is 30.0 Å². The molecular weight excluding hydrogens is 314 g/mol. The maximum Gasteiger partial charge on any atom is 0.265 e. The molecule has 1 aliphatic heterocycles. The second kappa shape index (κ2) is 8.34. The van der Waals surface area contributed by atoms with Crippen molar-refractivity contribution < 1.29 is 14.3 Å².